The minimum Gasteiger partial charge on any atom is -0.445 e. The summed E-state index contributed by atoms with van der Waals surface area (Å²) in [6.45, 7) is 14.9. The molecular formula is C72H76N4O6Si2. The van der Waals surface area contributed by atoms with E-state index < -0.39 is 16.6 Å². The van der Waals surface area contributed by atoms with Gasteiger partial charge in [-0.05, 0) is 103 Å². The molecule has 0 radical (unpaired) electrons. The first-order valence-electron chi connectivity index (χ1n) is 29.2. The minimum atomic E-state index is -2.80. The van der Waals surface area contributed by atoms with Crippen LogP contribution in [0.4, 0.5) is 9.59 Å². The molecule has 12 heteroatoms. The predicted molar refractivity (Wildman–Crippen MR) is 338 cm³/mol. The first-order valence-corrected chi connectivity index (χ1v) is 33.0. The lowest BCUT2D eigenvalue weighted by Crippen LogP contribution is -2.68. The maximum Gasteiger partial charge on any atom is 0.410 e. The Bertz CT molecular complexity index is 3150. The molecule has 0 saturated carbocycles. The van der Waals surface area contributed by atoms with Gasteiger partial charge in [-0.15, -0.1) is 0 Å². The van der Waals surface area contributed by atoms with E-state index in [1.807, 2.05) is 143 Å². The number of hydrogen-bond acceptors (Lipinski definition) is 8. The van der Waals surface area contributed by atoms with E-state index in [4.69, 9.17) is 18.3 Å². The monoisotopic (exact) mass is 1150 g/mol. The van der Waals surface area contributed by atoms with Crippen LogP contribution in [0.25, 0.3) is 0 Å². The van der Waals surface area contributed by atoms with Crippen LogP contribution in [0.5, 0.6) is 0 Å². The van der Waals surface area contributed by atoms with Crippen molar-refractivity contribution >= 4 is 49.6 Å². The first kappa shape index (κ1) is 60.2. The van der Waals surface area contributed by atoms with Gasteiger partial charge in [-0.1, -0.05) is 248 Å². The molecule has 0 aliphatic carbocycles. The number of amides is 2. The van der Waals surface area contributed by atoms with Gasteiger partial charge in [-0.2, -0.15) is 10.5 Å². The Hall–Kier alpha value is -8.37. The molecule has 0 bridgehead atoms. The lowest BCUT2D eigenvalue weighted by molar-refractivity contribution is 0.0255. The van der Waals surface area contributed by atoms with Gasteiger partial charge in [-0.3, -0.25) is 9.80 Å². The summed E-state index contributed by atoms with van der Waals surface area (Å²) in [4.78, 5) is 31.1. The van der Waals surface area contributed by atoms with Gasteiger partial charge in [0.05, 0.1) is 47.6 Å². The summed E-state index contributed by atoms with van der Waals surface area (Å²) in [6.07, 6.45) is 2.01. The van der Waals surface area contributed by atoms with Gasteiger partial charge < -0.3 is 18.3 Å². The number of carbonyl (C=O) groups excluding carboxylic acids is 2. The zero-order chi connectivity index (χ0) is 59.2. The number of benzene rings is 8. The van der Waals surface area contributed by atoms with Gasteiger partial charge in [0.1, 0.15) is 13.2 Å². The average Bonchev–Trinajstić information content (AvgIpc) is 1.45. The molecule has 8 aromatic carbocycles. The van der Waals surface area contributed by atoms with Crippen molar-refractivity contribution in [2.45, 2.75) is 115 Å². The number of likely N-dealkylation sites (tertiary alicyclic amines) is 2. The number of rotatable bonds is 14. The maximum atomic E-state index is 13.7. The summed E-state index contributed by atoms with van der Waals surface area (Å²) in [5.74, 6) is 0. The van der Waals surface area contributed by atoms with E-state index in [0.717, 1.165) is 47.9 Å². The van der Waals surface area contributed by atoms with Gasteiger partial charge in [-0.25, -0.2) is 9.59 Å². The third kappa shape index (κ3) is 13.8. The molecule has 428 valence electrons. The summed E-state index contributed by atoms with van der Waals surface area (Å²) >= 11 is 0. The molecule has 2 fully saturated rings. The molecule has 2 amide bonds. The van der Waals surface area contributed by atoms with Gasteiger partial charge in [0.25, 0.3) is 16.6 Å². The van der Waals surface area contributed by atoms with Crippen molar-refractivity contribution in [1.29, 1.82) is 10.5 Å². The van der Waals surface area contributed by atoms with Gasteiger partial charge in [0.15, 0.2) is 0 Å². The van der Waals surface area contributed by atoms with E-state index >= 15 is 0 Å². The van der Waals surface area contributed by atoms with E-state index in [0.29, 0.717) is 24.2 Å². The molecule has 8 aromatic rings. The van der Waals surface area contributed by atoms with Crippen molar-refractivity contribution in [2.24, 2.45) is 0 Å². The normalized spacial score (nSPS) is 17.3. The quantitative estimate of drug-likeness (QED) is 0.0986. The van der Waals surface area contributed by atoms with E-state index in [9.17, 15) is 20.1 Å². The molecule has 10 rings (SSSR count). The molecule has 2 heterocycles. The molecule has 84 heavy (non-hydrogen) atoms. The van der Waals surface area contributed by atoms with Crippen LogP contribution in [0, 0.1) is 22.7 Å². The van der Waals surface area contributed by atoms with Crippen molar-refractivity contribution in [2.75, 3.05) is 13.1 Å². The number of piperidine rings is 2. The van der Waals surface area contributed by atoms with Crippen LogP contribution < -0.4 is 20.7 Å². The predicted octanol–water partition coefficient (Wildman–Crippen LogP) is 14.0. The largest absolute Gasteiger partial charge is 0.445 e. The van der Waals surface area contributed by atoms with Crippen molar-refractivity contribution in [3.05, 3.63) is 264 Å². The van der Waals surface area contributed by atoms with E-state index in [-0.39, 0.29) is 59.8 Å². The Morgan fingerprint density at radius 3 is 0.952 bits per heavy atom. The topological polar surface area (TPSA) is 125 Å². The number of carbonyl (C=O) groups is 2. The van der Waals surface area contributed by atoms with Crippen LogP contribution in [0.15, 0.2) is 231 Å². The number of ether oxygens (including phenoxy) is 2. The Kier molecular flexibility index (Phi) is 19.6. The highest BCUT2D eigenvalue weighted by atomic mass is 28.4. The molecule has 4 atom stereocenters. The second-order valence-corrected chi connectivity index (χ2v) is 32.4. The van der Waals surface area contributed by atoms with Crippen LogP contribution in [0.2, 0.25) is 10.1 Å². The fourth-order valence-electron chi connectivity index (χ4n) is 12.2. The fourth-order valence-corrected chi connectivity index (χ4v) is 21.6. The number of nitrogens with zero attached hydrogens (tertiary/aromatic N) is 4. The van der Waals surface area contributed by atoms with E-state index in [1.165, 1.54) is 20.7 Å². The molecular weight excluding hydrogens is 1070 g/mol. The summed E-state index contributed by atoms with van der Waals surface area (Å²) in [7, 11) is -5.60. The summed E-state index contributed by atoms with van der Waals surface area (Å²) in [5, 5.41) is 23.2. The molecule has 2 saturated heterocycles. The Morgan fingerprint density at radius 2 is 0.690 bits per heavy atom. The molecule has 4 unspecified atom stereocenters. The summed E-state index contributed by atoms with van der Waals surface area (Å²) < 4.78 is 26.6. The zero-order valence-electron chi connectivity index (χ0n) is 49.1. The van der Waals surface area contributed by atoms with Crippen LogP contribution in [-0.4, -0.2) is 63.9 Å². The van der Waals surface area contributed by atoms with Crippen molar-refractivity contribution < 1.29 is 27.9 Å². The van der Waals surface area contributed by atoms with Crippen LogP contribution in [-0.2, 0) is 31.5 Å². The smallest absolute Gasteiger partial charge is 0.410 e. The van der Waals surface area contributed by atoms with E-state index in [1.54, 1.807) is 0 Å². The standard InChI is InChI=1S/2C36H38N2O3Si/c2*1-36(2,3)42(32-15-9-5-10-16-32,33-17-11-6-12-18-33)41-31-23-24-34(30-21-19-28(25-37)20-22-30)38(26-31)35(39)40-27-29-13-7-4-8-14-29/h2*4-22,31,34H,23-24,26-27H2,1-3H3. The molecule has 0 N–H and O–H groups in total. The molecule has 10 nitrogen and oxygen atoms in total. The highest BCUT2D eigenvalue weighted by Crippen LogP contribution is 2.43. The van der Waals surface area contributed by atoms with Crippen LogP contribution >= 0.6 is 0 Å². The Morgan fingerprint density at radius 1 is 0.417 bits per heavy atom. The minimum absolute atomic E-state index is 0.167. The average molecular weight is 1150 g/mol. The first-order chi connectivity index (χ1) is 40.6. The molecule has 0 aromatic heterocycles. The second kappa shape index (κ2) is 27.4. The van der Waals surface area contributed by atoms with Crippen molar-refractivity contribution in [1.82, 2.24) is 9.80 Å². The second-order valence-electron chi connectivity index (χ2n) is 23.8. The van der Waals surface area contributed by atoms with Crippen molar-refractivity contribution in [3.8, 4) is 12.1 Å². The van der Waals surface area contributed by atoms with Gasteiger partial charge in [0, 0.05) is 13.1 Å². The van der Waals surface area contributed by atoms with Gasteiger partial charge >= 0.3 is 12.2 Å². The van der Waals surface area contributed by atoms with Crippen LogP contribution in [0.3, 0.4) is 0 Å². The number of nitriles is 2. The van der Waals surface area contributed by atoms with Gasteiger partial charge in [0.2, 0.25) is 0 Å². The lowest BCUT2D eigenvalue weighted by atomic mass is 9.94. The third-order valence-corrected chi connectivity index (χ3v) is 26.5. The fraction of sp³-hybridized carbons (Fsp3) is 0.278. The molecule has 2 aliphatic heterocycles. The van der Waals surface area contributed by atoms with Crippen LogP contribution in [0.1, 0.15) is 113 Å². The highest BCUT2D eigenvalue weighted by molar-refractivity contribution is 7.00. The van der Waals surface area contributed by atoms with Crippen molar-refractivity contribution in [3.63, 3.8) is 0 Å². The Labute approximate surface area is 499 Å². The third-order valence-electron chi connectivity index (χ3n) is 16.3. The zero-order valence-corrected chi connectivity index (χ0v) is 51.1. The van der Waals surface area contributed by atoms with E-state index in [2.05, 4.69) is 151 Å². The summed E-state index contributed by atoms with van der Waals surface area (Å²) in [6, 6.07) is 81.0. The lowest BCUT2D eigenvalue weighted by Gasteiger charge is -2.48. The summed E-state index contributed by atoms with van der Waals surface area (Å²) in [5.41, 5.74) is 5.07. The maximum absolute atomic E-state index is 13.7. The Balaban J connectivity index is 0.000000202. The highest BCUT2D eigenvalue weighted by Gasteiger charge is 2.54. The molecule has 2 aliphatic rings. The number of hydrogen-bond donors (Lipinski definition) is 0. The molecule has 0 spiro atoms. The SMILES string of the molecule is CC(C)(C)[Si](OC1CCC(c2ccc(C#N)cc2)N(C(=O)OCc2ccccc2)C1)(c1ccccc1)c1ccccc1.CC(C)(C)[Si](OC1CCC(c2ccc(C#N)cc2)N(C(=O)OCc2ccccc2)C1)(c1ccccc1)c1ccccc1.